The first-order chi connectivity index (χ1) is 28.7. The molecule has 11 aromatic rings. The normalized spacial score (nSPS) is 11.4. The molecule has 58 heavy (non-hydrogen) atoms. The van der Waals surface area contributed by atoms with Crippen LogP contribution in [0.15, 0.2) is 227 Å². The van der Waals surface area contributed by atoms with Gasteiger partial charge < -0.3 is 18.6 Å². The minimum Gasteiger partial charge on any atom is -0.456 e. The Kier molecular flexibility index (Phi) is 8.11. The second-order valence-electron chi connectivity index (χ2n) is 14.6. The van der Waals surface area contributed by atoms with E-state index in [1.54, 1.807) is 0 Å². The molecule has 11 rings (SSSR count). The summed E-state index contributed by atoms with van der Waals surface area (Å²) < 4.78 is 13.0. The molecule has 0 aliphatic heterocycles. The third-order valence-corrected chi connectivity index (χ3v) is 11.0. The minimum atomic E-state index is 0.824. The van der Waals surface area contributed by atoms with E-state index in [-0.39, 0.29) is 0 Å². The SMILES string of the molecule is c1ccc(-c2cccc(N(c3ccccc3)c3ccc4oc5cc(N(c6ccccc6)c6ccc7oc8ccc(-c9ccccc9)cc8c7c6)ccc5c4c3)c2)cc1. The fourth-order valence-electron chi connectivity index (χ4n) is 8.25. The number of fused-ring (bicyclic) bond motifs is 6. The van der Waals surface area contributed by atoms with Gasteiger partial charge in [-0.2, -0.15) is 0 Å². The Morgan fingerprint density at radius 2 is 0.621 bits per heavy atom. The first-order valence-corrected chi connectivity index (χ1v) is 19.6. The van der Waals surface area contributed by atoms with Crippen LogP contribution >= 0.6 is 0 Å². The lowest BCUT2D eigenvalue weighted by atomic mass is 10.0. The van der Waals surface area contributed by atoms with E-state index in [0.717, 1.165) is 83.6 Å². The number of benzene rings is 9. The number of hydrogen-bond donors (Lipinski definition) is 0. The van der Waals surface area contributed by atoms with Gasteiger partial charge >= 0.3 is 0 Å². The van der Waals surface area contributed by atoms with Crippen LogP contribution in [0.5, 0.6) is 0 Å². The van der Waals surface area contributed by atoms with Gasteiger partial charge in [-0.1, -0.05) is 115 Å². The number of rotatable bonds is 8. The predicted octanol–water partition coefficient (Wildman–Crippen LogP) is 15.8. The van der Waals surface area contributed by atoms with Crippen molar-refractivity contribution in [3.63, 3.8) is 0 Å². The Morgan fingerprint density at radius 3 is 1.21 bits per heavy atom. The van der Waals surface area contributed by atoms with Crippen LogP contribution in [0.2, 0.25) is 0 Å². The fourth-order valence-corrected chi connectivity index (χ4v) is 8.25. The molecule has 0 aliphatic carbocycles. The highest BCUT2D eigenvalue weighted by Gasteiger charge is 2.20. The Hall–Kier alpha value is -7.82. The quantitative estimate of drug-likeness (QED) is 0.155. The molecule has 4 nitrogen and oxygen atoms in total. The molecule has 0 bridgehead atoms. The summed E-state index contributed by atoms with van der Waals surface area (Å²) in [4.78, 5) is 4.60. The van der Waals surface area contributed by atoms with Crippen LogP contribution < -0.4 is 9.80 Å². The maximum absolute atomic E-state index is 6.65. The van der Waals surface area contributed by atoms with Crippen LogP contribution in [0.1, 0.15) is 0 Å². The summed E-state index contributed by atoms with van der Waals surface area (Å²) in [7, 11) is 0. The zero-order valence-corrected chi connectivity index (χ0v) is 31.5. The Morgan fingerprint density at radius 1 is 0.224 bits per heavy atom. The summed E-state index contributed by atoms with van der Waals surface area (Å²) in [6.45, 7) is 0. The van der Waals surface area contributed by atoms with Gasteiger partial charge in [0.15, 0.2) is 0 Å². The van der Waals surface area contributed by atoms with E-state index in [1.807, 2.05) is 6.07 Å². The maximum atomic E-state index is 6.65. The van der Waals surface area contributed by atoms with E-state index < -0.39 is 0 Å². The second-order valence-corrected chi connectivity index (χ2v) is 14.6. The van der Waals surface area contributed by atoms with E-state index >= 15 is 0 Å². The molecule has 0 saturated heterocycles. The van der Waals surface area contributed by atoms with Crippen LogP contribution in [-0.2, 0) is 0 Å². The van der Waals surface area contributed by atoms with Crippen molar-refractivity contribution in [1.29, 1.82) is 0 Å². The summed E-state index contributed by atoms with van der Waals surface area (Å²) in [5.41, 5.74) is 14.4. The van der Waals surface area contributed by atoms with Gasteiger partial charge in [-0.15, -0.1) is 0 Å². The monoisotopic (exact) mass is 744 g/mol. The molecule has 0 radical (unpaired) electrons. The smallest absolute Gasteiger partial charge is 0.137 e. The number of nitrogens with zero attached hydrogens (tertiary/aromatic N) is 2. The summed E-state index contributed by atoms with van der Waals surface area (Å²) in [5, 5.41) is 4.28. The van der Waals surface area contributed by atoms with Crippen molar-refractivity contribution in [3.8, 4) is 22.3 Å². The molecule has 2 heterocycles. The molecule has 0 aliphatic rings. The van der Waals surface area contributed by atoms with Gasteiger partial charge in [0.05, 0.1) is 0 Å². The lowest BCUT2D eigenvalue weighted by Crippen LogP contribution is -2.09. The van der Waals surface area contributed by atoms with E-state index in [9.17, 15) is 0 Å². The topological polar surface area (TPSA) is 32.8 Å². The highest BCUT2D eigenvalue weighted by atomic mass is 16.3. The molecular weight excluding hydrogens is 709 g/mol. The summed E-state index contributed by atoms with van der Waals surface area (Å²) in [6, 6.07) is 76.7. The number of anilines is 6. The molecule has 274 valence electrons. The lowest BCUT2D eigenvalue weighted by Gasteiger charge is -2.26. The van der Waals surface area contributed by atoms with Crippen LogP contribution in [-0.4, -0.2) is 0 Å². The minimum absolute atomic E-state index is 0.824. The van der Waals surface area contributed by atoms with Crippen molar-refractivity contribution in [1.82, 2.24) is 0 Å². The van der Waals surface area contributed by atoms with Crippen molar-refractivity contribution in [2.75, 3.05) is 9.80 Å². The molecule has 0 N–H and O–H groups in total. The molecule has 0 unspecified atom stereocenters. The summed E-state index contributed by atoms with van der Waals surface area (Å²) in [6.07, 6.45) is 0. The van der Waals surface area contributed by atoms with Crippen molar-refractivity contribution in [2.24, 2.45) is 0 Å². The second kappa shape index (κ2) is 14.0. The van der Waals surface area contributed by atoms with E-state index in [4.69, 9.17) is 8.83 Å². The number of hydrogen-bond acceptors (Lipinski definition) is 4. The standard InChI is InChI=1S/C54H36N2O2/c1-5-14-37(15-6-1)39-18-13-23-43(32-39)55(41-19-9-3-10-20-41)44-26-30-52-49(34-44)47-28-25-46(36-54(47)58-52)56(42-21-11-4-12-22-42)45-27-31-53-50(35-45)48-33-40(24-29-51(48)57-53)38-16-7-2-8-17-38/h1-36H. The van der Waals surface area contributed by atoms with Crippen LogP contribution in [0, 0.1) is 0 Å². The van der Waals surface area contributed by atoms with Crippen LogP contribution in [0.4, 0.5) is 34.1 Å². The zero-order chi connectivity index (χ0) is 38.4. The van der Waals surface area contributed by atoms with Gasteiger partial charge in [-0.3, -0.25) is 0 Å². The lowest BCUT2D eigenvalue weighted by molar-refractivity contribution is 0.668. The van der Waals surface area contributed by atoms with E-state index in [0.29, 0.717) is 0 Å². The van der Waals surface area contributed by atoms with Crippen LogP contribution in [0.25, 0.3) is 66.1 Å². The van der Waals surface area contributed by atoms with E-state index in [1.165, 1.54) is 16.7 Å². The predicted molar refractivity (Wildman–Crippen MR) is 241 cm³/mol. The Labute approximate surface area is 336 Å². The molecule has 2 aromatic heterocycles. The average molecular weight is 745 g/mol. The van der Waals surface area contributed by atoms with Gasteiger partial charge in [-0.05, 0) is 119 Å². The Balaban J connectivity index is 1.02. The van der Waals surface area contributed by atoms with Crippen molar-refractivity contribution in [2.45, 2.75) is 0 Å². The molecule has 4 heteroatoms. The summed E-state index contributed by atoms with van der Waals surface area (Å²) >= 11 is 0. The highest BCUT2D eigenvalue weighted by molar-refractivity contribution is 6.09. The first-order valence-electron chi connectivity index (χ1n) is 19.6. The number of furan rings is 2. The maximum Gasteiger partial charge on any atom is 0.137 e. The fraction of sp³-hybridized carbons (Fsp3) is 0. The van der Waals surface area contributed by atoms with Gasteiger partial charge in [0.1, 0.15) is 22.3 Å². The molecule has 0 amide bonds. The average Bonchev–Trinajstić information content (AvgIpc) is 3.85. The third kappa shape index (κ3) is 5.96. The van der Waals surface area contributed by atoms with Gasteiger partial charge in [-0.25, -0.2) is 0 Å². The van der Waals surface area contributed by atoms with Crippen LogP contribution in [0.3, 0.4) is 0 Å². The van der Waals surface area contributed by atoms with Crippen molar-refractivity contribution >= 4 is 78.0 Å². The van der Waals surface area contributed by atoms with Gasteiger partial charge in [0, 0.05) is 61.7 Å². The van der Waals surface area contributed by atoms with Gasteiger partial charge in [0.2, 0.25) is 0 Å². The molecule has 9 aromatic carbocycles. The van der Waals surface area contributed by atoms with Gasteiger partial charge in [0.25, 0.3) is 0 Å². The molecule has 0 fully saturated rings. The Bertz CT molecular complexity index is 3230. The van der Waals surface area contributed by atoms with Crippen molar-refractivity contribution in [3.05, 3.63) is 218 Å². The first kappa shape index (κ1) is 33.5. The highest BCUT2D eigenvalue weighted by Crippen LogP contribution is 2.43. The molecule has 0 atom stereocenters. The van der Waals surface area contributed by atoms with E-state index in [2.05, 4.69) is 222 Å². The molecule has 0 saturated carbocycles. The number of para-hydroxylation sites is 2. The molecule has 0 spiro atoms. The summed E-state index contributed by atoms with van der Waals surface area (Å²) in [5.74, 6) is 0. The molecular formula is C54H36N2O2. The largest absolute Gasteiger partial charge is 0.456 e. The van der Waals surface area contributed by atoms with Crippen molar-refractivity contribution < 1.29 is 8.83 Å². The zero-order valence-electron chi connectivity index (χ0n) is 31.5. The third-order valence-electron chi connectivity index (χ3n) is 11.0.